The number of methoxy groups -OCH3 is 1. The van der Waals surface area contributed by atoms with Crippen molar-refractivity contribution in [1.29, 1.82) is 0 Å². The molecule has 0 N–H and O–H groups in total. The molecule has 0 rings (SSSR count). The molecule has 1 radical (unpaired) electrons. The summed E-state index contributed by atoms with van der Waals surface area (Å²) in [5.74, 6) is 0. The van der Waals surface area contributed by atoms with Crippen LogP contribution in [0.1, 0.15) is 32.6 Å². The first kappa shape index (κ1) is 9.31. The molecule has 1 nitrogen and oxygen atoms in total. The highest BCUT2D eigenvalue weighted by molar-refractivity contribution is 7.80. The standard InChI is InChI=1S/C7H15OS/c1-3-4-5-6-7(9)8-2/h7H,3-6H2,1-2H3. The van der Waals surface area contributed by atoms with Gasteiger partial charge in [0.15, 0.2) is 0 Å². The van der Waals surface area contributed by atoms with Crippen LogP contribution in [0.4, 0.5) is 0 Å². The van der Waals surface area contributed by atoms with Crippen LogP contribution in [0, 0.1) is 0 Å². The average Bonchev–Trinajstić information content (AvgIpc) is 1.89. The second kappa shape index (κ2) is 6.43. The van der Waals surface area contributed by atoms with Gasteiger partial charge in [0.25, 0.3) is 0 Å². The van der Waals surface area contributed by atoms with Crippen molar-refractivity contribution < 1.29 is 4.74 Å². The molecule has 9 heavy (non-hydrogen) atoms. The van der Waals surface area contributed by atoms with Crippen LogP contribution in [0.15, 0.2) is 0 Å². The first-order valence-electron chi connectivity index (χ1n) is 3.50. The summed E-state index contributed by atoms with van der Waals surface area (Å²) in [6, 6.07) is 0. The summed E-state index contributed by atoms with van der Waals surface area (Å²) < 4.78 is 4.91. The summed E-state index contributed by atoms with van der Waals surface area (Å²) in [6.07, 6.45) is 4.76. The van der Waals surface area contributed by atoms with E-state index in [2.05, 4.69) is 6.92 Å². The van der Waals surface area contributed by atoms with Crippen molar-refractivity contribution in [3.05, 3.63) is 0 Å². The number of hydrogen-bond acceptors (Lipinski definition) is 1. The topological polar surface area (TPSA) is 9.23 Å². The van der Waals surface area contributed by atoms with Gasteiger partial charge in [0.05, 0.1) is 0 Å². The minimum absolute atomic E-state index is 0.0385. The molecule has 0 amide bonds. The molecule has 0 heterocycles. The van der Waals surface area contributed by atoms with Crippen molar-refractivity contribution in [1.82, 2.24) is 0 Å². The van der Waals surface area contributed by atoms with Crippen LogP contribution >= 0.6 is 12.6 Å². The largest absolute Gasteiger partial charge is 0.370 e. The van der Waals surface area contributed by atoms with Gasteiger partial charge in [-0.05, 0) is 12.8 Å². The Kier molecular flexibility index (Phi) is 6.65. The fourth-order valence-corrected chi connectivity index (χ4v) is 0.846. The normalized spacial score (nSPS) is 13.7. The van der Waals surface area contributed by atoms with Crippen molar-refractivity contribution in [2.24, 2.45) is 0 Å². The molecule has 1 unspecified atom stereocenters. The third-order valence-corrected chi connectivity index (χ3v) is 1.73. The molecule has 0 aliphatic carbocycles. The Morgan fingerprint density at radius 1 is 1.44 bits per heavy atom. The van der Waals surface area contributed by atoms with E-state index in [9.17, 15) is 0 Å². The molecule has 0 saturated carbocycles. The fraction of sp³-hybridized carbons (Fsp3) is 1.00. The number of ether oxygens (including phenoxy) is 1. The summed E-state index contributed by atoms with van der Waals surface area (Å²) in [6.45, 7) is 2.19. The molecule has 0 bridgehead atoms. The van der Waals surface area contributed by atoms with Crippen molar-refractivity contribution in [2.75, 3.05) is 7.11 Å². The minimum atomic E-state index is 0.0385. The number of unbranched alkanes of at least 4 members (excludes halogenated alkanes) is 2. The van der Waals surface area contributed by atoms with E-state index in [-0.39, 0.29) is 5.44 Å². The Bertz CT molecular complexity index is 56.9. The van der Waals surface area contributed by atoms with Crippen molar-refractivity contribution in [2.45, 2.75) is 38.0 Å². The first-order chi connectivity index (χ1) is 4.31. The van der Waals surface area contributed by atoms with E-state index in [4.69, 9.17) is 17.4 Å². The average molecular weight is 147 g/mol. The maximum absolute atomic E-state index is 4.93. The molecule has 0 aliphatic heterocycles. The Hall–Kier alpha value is 0.310. The Morgan fingerprint density at radius 3 is 2.56 bits per heavy atom. The van der Waals surface area contributed by atoms with Gasteiger partial charge in [0.1, 0.15) is 5.44 Å². The van der Waals surface area contributed by atoms with Crippen LogP contribution in [-0.2, 0) is 4.74 Å². The number of hydrogen-bond donors (Lipinski definition) is 0. The van der Waals surface area contributed by atoms with Gasteiger partial charge in [-0.25, -0.2) is 0 Å². The molecular weight excluding hydrogens is 132 g/mol. The minimum Gasteiger partial charge on any atom is -0.370 e. The van der Waals surface area contributed by atoms with Gasteiger partial charge in [0.2, 0.25) is 0 Å². The van der Waals surface area contributed by atoms with Gasteiger partial charge < -0.3 is 4.74 Å². The van der Waals surface area contributed by atoms with Crippen LogP contribution < -0.4 is 0 Å². The van der Waals surface area contributed by atoms with E-state index >= 15 is 0 Å². The Morgan fingerprint density at radius 2 is 2.11 bits per heavy atom. The molecule has 55 valence electrons. The smallest absolute Gasteiger partial charge is 0.112 e. The quantitative estimate of drug-likeness (QED) is 0.543. The third-order valence-electron chi connectivity index (χ3n) is 1.31. The highest BCUT2D eigenvalue weighted by Gasteiger charge is 1.98. The lowest BCUT2D eigenvalue weighted by molar-refractivity contribution is 0.165. The van der Waals surface area contributed by atoms with Gasteiger partial charge in [-0.15, -0.1) is 0 Å². The molecule has 0 aromatic heterocycles. The van der Waals surface area contributed by atoms with E-state index < -0.39 is 0 Å². The monoisotopic (exact) mass is 147 g/mol. The molecule has 0 fully saturated rings. The molecule has 0 aromatic carbocycles. The van der Waals surface area contributed by atoms with Crippen LogP contribution in [0.2, 0.25) is 0 Å². The van der Waals surface area contributed by atoms with Crippen LogP contribution in [0.25, 0.3) is 0 Å². The predicted octanol–water partition coefficient (Wildman–Crippen LogP) is 2.74. The molecule has 0 saturated heterocycles. The lowest BCUT2D eigenvalue weighted by Crippen LogP contribution is -1.99. The van der Waals surface area contributed by atoms with Crippen molar-refractivity contribution in [3.63, 3.8) is 0 Å². The second-order valence-corrected chi connectivity index (χ2v) is 2.69. The predicted molar refractivity (Wildman–Crippen MR) is 42.5 cm³/mol. The summed E-state index contributed by atoms with van der Waals surface area (Å²) >= 11 is 4.93. The third kappa shape index (κ3) is 6.19. The maximum atomic E-state index is 4.93. The molecule has 0 aliphatic rings. The Balaban J connectivity index is 2.88. The van der Waals surface area contributed by atoms with Gasteiger partial charge in [-0.3, -0.25) is 0 Å². The summed E-state index contributed by atoms with van der Waals surface area (Å²) in [4.78, 5) is 0. The van der Waals surface area contributed by atoms with E-state index in [0.29, 0.717) is 0 Å². The van der Waals surface area contributed by atoms with Gasteiger partial charge >= 0.3 is 0 Å². The highest BCUT2D eigenvalue weighted by Crippen LogP contribution is 2.07. The van der Waals surface area contributed by atoms with E-state index in [1.807, 2.05) is 0 Å². The van der Waals surface area contributed by atoms with Crippen LogP contribution in [0.3, 0.4) is 0 Å². The molecule has 1 atom stereocenters. The summed E-state index contributed by atoms with van der Waals surface area (Å²) in [5.41, 5.74) is 0.0385. The number of rotatable bonds is 5. The lowest BCUT2D eigenvalue weighted by Gasteiger charge is -2.04. The SMILES string of the molecule is CCCCCC([S])OC. The summed E-state index contributed by atoms with van der Waals surface area (Å²) in [7, 11) is 1.67. The zero-order valence-electron chi connectivity index (χ0n) is 6.22. The van der Waals surface area contributed by atoms with Gasteiger partial charge in [-0.2, -0.15) is 0 Å². The summed E-state index contributed by atoms with van der Waals surface area (Å²) in [5, 5.41) is 0. The molecule has 2 heteroatoms. The Labute approximate surface area is 63.2 Å². The zero-order valence-corrected chi connectivity index (χ0v) is 7.04. The fourth-order valence-electron chi connectivity index (χ4n) is 0.679. The van der Waals surface area contributed by atoms with Crippen molar-refractivity contribution in [3.8, 4) is 0 Å². The highest BCUT2D eigenvalue weighted by atomic mass is 32.1. The van der Waals surface area contributed by atoms with E-state index in [1.54, 1.807) is 7.11 Å². The van der Waals surface area contributed by atoms with E-state index in [1.165, 1.54) is 19.3 Å². The first-order valence-corrected chi connectivity index (χ1v) is 3.97. The van der Waals surface area contributed by atoms with Crippen molar-refractivity contribution >= 4 is 12.6 Å². The van der Waals surface area contributed by atoms with Crippen LogP contribution in [-0.4, -0.2) is 12.5 Å². The molecule has 0 spiro atoms. The zero-order chi connectivity index (χ0) is 7.11. The lowest BCUT2D eigenvalue weighted by atomic mass is 10.2. The maximum Gasteiger partial charge on any atom is 0.112 e. The van der Waals surface area contributed by atoms with Gasteiger partial charge in [-0.1, -0.05) is 32.4 Å². The second-order valence-electron chi connectivity index (χ2n) is 2.16. The molecule has 0 aromatic rings. The molecular formula is C7H15OS. The van der Waals surface area contributed by atoms with Crippen LogP contribution in [0.5, 0.6) is 0 Å². The van der Waals surface area contributed by atoms with Gasteiger partial charge in [0, 0.05) is 7.11 Å². The van der Waals surface area contributed by atoms with E-state index in [0.717, 1.165) is 6.42 Å².